The number of aromatic nitrogens is 2. The van der Waals surface area contributed by atoms with Crippen LogP contribution in [0.3, 0.4) is 0 Å². The standard InChI is InChI=1S/C11H12N2O2/c1-8(14)10-7-12-13(11(10)15)9-5-3-2-4-6-9/h2-8,12,14H,1H3. The van der Waals surface area contributed by atoms with E-state index in [1.54, 1.807) is 6.92 Å². The Morgan fingerprint density at radius 3 is 2.53 bits per heavy atom. The molecule has 1 heterocycles. The average molecular weight is 204 g/mol. The highest BCUT2D eigenvalue weighted by molar-refractivity contribution is 5.31. The van der Waals surface area contributed by atoms with Crippen LogP contribution >= 0.6 is 0 Å². The van der Waals surface area contributed by atoms with Crippen LogP contribution in [-0.4, -0.2) is 14.9 Å². The van der Waals surface area contributed by atoms with E-state index in [4.69, 9.17) is 0 Å². The van der Waals surface area contributed by atoms with Crippen molar-refractivity contribution in [2.24, 2.45) is 0 Å². The average Bonchev–Trinajstić information content (AvgIpc) is 2.61. The number of hydrogen-bond donors (Lipinski definition) is 2. The van der Waals surface area contributed by atoms with Crippen molar-refractivity contribution in [2.75, 3.05) is 0 Å². The zero-order valence-corrected chi connectivity index (χ0v) is 8.34. The first-order chi connectivity index (χ1) is 7.20. The zero-order chi connectivity index (χ0) is 10.8. The van der Waals surface area contributed by atoms with E-state index in [0.717, 1.165) is 5.69 Å². The quantitative estimate of drug-likeness (QED) is 0.772. The second-order valence-corrected chi connectivity index (χ2v) is 3.38. The third kappa shape index (κ3) is 1.71. The minimum Gasteiger partial charge on any atom is -0.388 e. The summed E-state index contributed by atoms with van der Waals surface area (Å²) in [5.41, 5.74) is 0.921. The largest absolute Gasteiger partial charge is 0.388 e. The summed E-state index contributed by atoms with van der Waals surface area (Å²) >= 11 is 0. The second kappa shape index (κ2) is 3.74. The van der Waals surface area contributed by atoms with Crippen LogP contribution in [0.2, 0.25) is 0 Å². The van der Waals surface area contributed by atoms with Crippen LogP contribution in [-0.2, 0) is 0 Å². The van der Waals surface area contributed by atoms with Crippen LogP contribution < -0.4 is 5.56 Å². The SMILES string of the molecule is CC(O)c1c[nH]n(-c2ccccc2)c1=O. The predicted molar refractivity (Wildman–Crippen MR) is 57.0 cm³/mol. The van der Waals surface area contributed by atoms with Gasteiger partial charge in [0.2, 0.25) is 0 Å². The number of nitrogens with one attached hydrogen (secondary N) is 1. The number of nitrogens with zero attached hydrogens (tertiary/aromatic N) is 1. The summed E-state index contributed by atoms with van der Waals surface area (Å²) in [7, 11) is 0. The molecule has 1 aromatic carbocycles. The number of aliphatic hydroxyl groups excluding tert-OH is 1. The van der Waals surface area contributed by atoms with Crippen molar-refractivity contribution >= 4 is 0 Å². The maximum absolute atomic E-state index is 11.8. The second-order valence-electron chi connectivity index (χ2n) is 3.38. The summed E-state index contributed by atoms with van der Waals surface area (Å²) in [6.07, 6.45) is 0.777. The van der Waals surface area contributed by atoms with E-state index in [-0.39, 0.29) is 5.56 Å². The van der Waals surface area contributed by atoms with Gasteiger partial charge in [0, 0.05) is 6.20 Å². The molecule has 1 aromatic heterocycles. The van der Waals surface area contributed by atoms with Crippen molar-refractivity contribution < 1.29 is 5.11 Å². The van der Waals surface area contributed by atoms with Crippen molar-refractivity contribution in [2.45, 2.75) is 13.0 Å². The summed E-state index contributed by atoms with van der Waals surface area (Å²) in [4.78, 5) is 11.8. The van der Waals surface area contributed by atoms with Gasteiger partial charge in [0.15, 0.2) is 0 Å². The summed E-state index contributed by atoms with van der Waals surface area (Å²) < 4.78 is 1.40. The zero-order valence-electron chi connectivity index (χ0n) is 8.34. The first kappa shape index (κ1) is 9.73. The van der Waals surface area contributed by atoms with Crippen LogP contribution in [0.15, 0.2) is 41.3 Å². The number of hydrogen-bond acceptors (Lipinski definition) is 2. The normalized spacial score (nSPS) is 12.7. The molecule has 78 valence electrons. The Morgan fingerprint density at radius 2 is 2.00 bits per heavy atom. The number of benzene rings is 1. The van der Waals surface area contributed by atoms with Crippen LogP contribution in [0.4, 0.5) is 0 Å². The highest BCUT2D eigenvalue weighted by Gasteiger charge is 2.11. The van der Waals surface area contributed by atoms with E-state index in [1.165, 1.54) is 10.9 Å². The van der Waals surface area contributed by atoms with Gasteiger partial charge in [-0.1, -0.05) is 18.2 Å². The highest BCUT2D eigenvalue weighted by atomic mass is 16.3. The molecule has 4 heteroatoms. The van der Waals surface area contributed by atoms with Crippen LogP contribution in [0, 0.1) is 0 Å². The number of para-hydroxylation sites is 1. The van der Waals surface area contributed by atoms with E-state index in [9.17, 15) is 9.90 Å². The maximum Gasteiger partial charge on any atom is 0.277 e. The van der Waals surface area contributed by atoms with Gasteiger partial charge in [0.25, 0.3) is 5.56 Å². The van der Waals surface area contributed by atoms with E-state index in [2.05, 4.69) is 5.10 Å². The van der Waals surface area contributed by atoms with Gasteiger partial charge < -0.3 is 5.11 Å². The highest BCUT2D eigenvalue weighted by Crippen LogP contribution is 2.08. The van der Waals surface area contributed by atoms with E-state index in [0.29, 0.717) is 5.56 Å². The summed E-state index contributed by atoms with van der Waals surface area (Å²) in [6, 6.07) is 9.23. The topological polar surface area (TPSA) is 58.0 Å². The lowest BCUT2D eigenvalue weighted by atomic mass is 10.2. The first-order valence-corrected chi connectivity index (χ1v) is 4.74. The molecule has 1 unspecified atom stereocenters. The van der Waals surface area contributed by atoms with E-state index < -0.39 is 6.10 Å². The van der Waals surface area contributed by atoms with Gasteiger partial charge in [-0.15, -0.1) is 0 Å². The van der Waals surface area contributed by atoms with Crippen LogP contribution in [0.1, 0.15) is 18.6 Å². The van der Waals surface area contributed by atoms with Gasteiger partial charge in [-0.25, -0.2) is 4.68 Å². The molecule has 2 aromatic rings. The fourth-order valence-electron chi connectivity index (χ4n) is 1.45. The van der Waals surface area contributed by atoms with Crippen molar-refractivity contribution in [3.63, 3.8) is 0 Å². The molecule has 15 heavy (non-hydrogen) atoms. The summed E-state index contributed by atoms with van der Waals surface area (Å²) in [6.45, 7) is 1.57. The van der Waals surface area contributed by atoms with Gasteiger partial charge in [-0.05, 0) is 19.1 Å². The molecular formula is C11H12N2O2. The van der Waals surface area contributed by atoms with E-state index >= 15 is 0 Å². The Kier molecular flexibility index (Phi) is 2.43. The van der Waals surface area contributed by atoms with Crippen LogP contribution in [0.5, 0.6) is 0 Å². The lowest BCUT2D eigenvalue weighted by Gasteiger charge is -2.00. The Bertz CT molecular complexity index is 497. The smallest absolute Gasteiger partial charge is 0.277 e. The lowest BCUT2D eigenvalue weighted by Crippen LogP contribution is -2.18. The van der Waals surface area contributed by atoms with Gasteiger partial charge in [-0.2, -0.15) is 0 Å². The monoisotopic (exact) mass is 204 g/mol. The minimum absolute atomic E-state index is 0.212. The van der Waals surface area contributed by atoms with Crippen molar-refractivity contribution in [3.8, 4) is 5.69 Å². The summed E-state index contributed by atoms with van der Waals surface area (Å²) in [5, 5.41) is 12.1. The molecular weight excluding hydrogens is 192 g/mol. The third-order valence-electron chi connectivity index (χ3n) is 2.26. The van der Waals surface area contributed by atoms with Crippen molar-refractivity contribution in [1.82, 2.24) is 9.78 Å². The van der Waals surface area contributed by atoms with E-state index in [1.807, 2.05) is 30.3 Å². The van der Waals surface area contributed by atoms with Gasteiger partial charge >= 0.3 is 0 Å². The lowest BCUT2D eigenvalue weighted by molar-refractivity contribution is 0.198. The Balaban J connectivity index is 2.52. The molecule has 0 aliphatic carbocycles. The predicted octanol–water partition coefficient (Wildman–Crippen LogP) is 1.22. The Hall–Kier alpha value is -1.81. The summed E-state index contributed by atoms with van der Waals surface area (Å²) in [5.74, 6) is 0. The molecule has 1 atom stereocenters. The van der Waals surface area contributed by atoms with Gasteiger partial charge in [0.1, 0.15) is 0 Å². The number of rotatable bonds is 2. The van der Waals surface area contributed by atoms with Gasteiger partial charge in [0.05, 0.1) is 17.4 Å². The first-order valence-electron chi connectivity index (χ1n) is 4.74. The molecule has 0 aliphatic rings. The van der Waals surface area contributed by atoms with Crippen molar-refractivity contribution in [1.29, 1.82) is 0 Å². The number of aliphatic hydroxyl groups is 1. The Morgan fingerprint density at radius 1 is 1.33 bits per heavy atom. The molecule has 0 bridgehead atoms. The molecule has 0 aliphatic heterocycles. The molecule has 0 saturated carbocycles. The maximum atomic E-state index is 11.8. The fourth-order valence-corrected chi connectivity index (χ4v) is 1.45. The van der Waals surface area contributed by atoms with Crippen molar-refractivity contribution in [3.05, 3.63) is 52.4 Å². The molecule has 0 spiro atoms. The van der Waals surface area contributed by atoms with Crippen LogP contribution in [0.25, 0.3) is 5.69 Å². The molecule has 0 amide bonds. The Labute approximate surface area is 86.8 Å². The fraction of sp³-hybridized carbons (Fsp3) is 0.182. The molecule has 2 rings (SSSR count). The number of aromatic amines is 1. The molecule has 0 saturated heterocycles. The minimum atomic E-state index is -0.751. The molecule has 0 fully saturated rings. The molecule has 4 nitrogen and oxygen atoms in total. The molecule has 0 radical (unpaired) electrons. The third-order valence-corrected chi connectivity index (χ3v) is 2.26. The number of H-pyrrole nitrogens is 1. The molecule has 2 N–H and O–H groups in total. The van der Waals surface area contributed by atoms with Gasteiger partial charge in [-0.3, -0.25) is 9.89 Å².